The first-order valence-corrected chi connectivity index (χ1v) is 7.63. The summed E-state index contributed by atoms with van der Waals surface area (Å²) in [5, 5.41) is 6.73. The van der Waals surface area contributed by atoms with Crippen molar-refractivity contribution in [1.82, 2.24) is 9.78 Å². The van der Waals surface area contributed by atoms with Gasteiger partial charge in [0.1, 0.15) is 5.69 Å². The number of carbonyl (C=O) groups excluding carboxylic acids is 3. The highest BCUT2D eigenvalue weighted by atomic mass is 16.2. The number of nitrogens with one attached hydrogen (secondary N) is 1. The molecule has 0 aliphatic heterocycles. The molecule has 0 spiro atoms. The summed E-state index contributed by atoms with van der Waals surface area (Å²) in [5.41, 5.74) is 11.7. The Labute approximate surface area is 148 Å². The van der Waals surface area contributed by atoms with Gasteiger partial charge in [-0.3, -0.25) is 14.4 Å². The number of aromatic nitrogens is 2. The number of carbonyl (C=O) groups is 3. The lowest BCUT2D eigenvalue weighted by Crippen LogP contribution is -2.18. The van der Waals surface area contributed by atoms with Gasteiger partial charge < -0.3 is 16.8 Å². The minimum atomic E-state index is -0.724. The van der Waals surface area contributed by atoms with Gasteiger partial charge in [0, 0.05) is 6.07 Å². The number of para-hydroxylation sites is 2. The fourth-order valence-electron chi connectivity index (χ4n) is 2.43. The van der Waals surface area contributed by atoms with Gasteiger partial charge in [-0.25, -0.2) is 4.68 Å². The summed E-state index contributed by atoms with van der Waals surface area (Å²) in [5.74, 6) is -2.00. The van der Waals surface area contributed by atoms with Crippen LogP contribution < -0.4 is 16.8 Å². The predicted octanol–water partition coefficient (Wildman–Crippen LogP) is 1.32. The van der Waals surface area contributed by atoms with E-state index < -0.39 is 17.7 Å². The summed E-state index contributed by atoms with van der Waals surface area (Å²) in [6.07, 6.45) is 0. The number of anilines is 1. The van der Waals surface area contributed by atoms with Gasteiger partial charge in [-0.2, -0.15) is 5.10 Å². The number of rotatable bonds is 5. The van der Waals surface area contributed by atoms with E-state index in [0.29, 0.717) is 5.69 Å². The van der Waals surface area contributed by atoms with Crippen LogP contribution in [0.4, 0.5) is 5.69 Å². The molecule has 0 aliphatic carbocycles. The number of hydrogen-bond donors (Lipinski definition) is 3. The zero-order valence-corrected chi connectivity index (χ0v) is 13.5. The van der Waals surface area contributed by atoms with Crippen molar-refractivity contribution in [2.45, 2.75) is 0 Å². The van der Waals surface area contributed by atoms with Crippen LogP contribution in [-0.2, 0) is 0 Å². The van der Waals surface area contributed by atoms with Crippen LogP contribution in [0.1, 0.15) is 31.3 Å². The van der Waals surface area contributed by atoms with E-state index in [-0.39, 0.29) is 22.6 Å². The predicted molar refractivity (Wildman–Crippen MR) is 95.0 cm³/mol. The van der Waals surface area contributed by atoms with E-state index in [4.69, 9.17) is 11.5 Å². The van der Waals surface area contributed by atoms with E-state index in [1.807, 2.05) is 6.07 Å². The molecule has 0 fully saturated rings. The highest BCUT2D eigenvalue weighted by Crippen LogP contribution is 2.17. The smallest absolute Gasteiger partial charge is 0.276 e. The molecule has 3 amide bonds. The number of hydrogen-bond acceptors (Lipinski definition) is 4. The van der Waals surface area contributed by atoms with Crippen molar-refractivity contribution in [1.29, 1.82) is 0 Å². The number of benzene rings is 2. The molecule has 1 heterocycles. The van der Waals surface area contributed by atoms with Crippen LogP contribution in [0.5, 0.6) is 0 Å². The standard InChI is InChI=1S/C18H15N5O3/c19-16(24)12-8-4-5-9-13(12)21-18(26)14-10-15(17(20)25)23(22-14)11-6-2-1-3-7-11/h1-10H,(H2,19,24)(H2,20,25)(H,21,26). The maximum absolute atomic E-state index is 12.5. The molecule has 0 saturated carbocycles. The molecule has 0 aliphatic rings. The van der Waals surface area contributed by atoms with Gasteiger partial charge in [0.15, 0.2) is 5.69 Å². The van der Waals surface area contributed by atoms with Crippen molar-refractivity contribution >= 4 is 23.4 Å². The lowest BCUT2D eigenvalue weighted by atomic mass is 10.1. The van der Waals surface area contributed by atoms with Gasteiger partial charge in [-0.15, -0.1) is 0 Å². The molecule has 3 rings (SSSR count). The van der Waals surface area contributed by atoms with Gasteiger partial charge in [0.25, 0.3) is 17.7 Å². The normalized spacial score (nSPS) is 10.3. The molecule has 0 bridgehead atoms. The molecule has 130 valence electrons. The lowest BCUT2D eigenvalue weighted by molar-refractivity contribution is 0.0986. The Morgan fingerprint density at radius 1 is 0.885 bits per heavy atom. The molecular formula is C18H15N5O3. The summed E-state index contributed by atoms with van der Waals surface area (Å²) < 4.78 is 1.29. The molecular weight excluding hydrogens is 334 g/mol. The number of nitrogens with two attached hydrogens (primary N) is 2. The minimum Gasteiger partial charge on any atom is -0.366 e. The number of amides is 3. The first-order chi connectivity index (χ1) is 12.5. The third-order valence-electron chi connectivity index (χ3n) is 3.64. The highest BCUT2D eigenvalue weighted by Gasteiger charge is 2.20. The molecule has 1 aromatic heterocycles. The molecule has 0 saturated heterocycles. The summed E-state index contributed by atoms with van der Waals surface area (Å²) in [6, 6.07) is 16.4. The van der Waals surface area contributed by atoms with Crippen LogP contribution in [0.3, 0.4) is 0 Å². The van der Waals surface area contributed by atoms with Crippen LogP contribution >= 0.6 is 0 Å². The van der Waals surface area contributed by atoms with E-state index in [2.05, 4.69) is 10.4 Å². The van der Waals surface area contributed by atoms with E-state index in [0.717, 1.165) is 0 Å². The maximum atomic E-state index is 12.5. The SMILES string of the molecule is NC(=O)c1ccccc1NC(=O)c1cc(C(N)=O)n(-c2ccccc2)n1. The summed E-state index contributed by atoms with van der Waals surface area (Å²) in [6.45, 7) is 0. The third-order valence-corrected chi connectivity index (χ3v) is 3.64. The molecule has 26 heavy (non-hydrogen) atoms. The second-order valence-electron chi connectivity index (χ2n) is 5.39. The van der Waals surface area contributed by atoms with Gasteiger partial charge in [-0.1, -0.05) is 30.3 Å². The fraction of sp³-hybridized carbons (Fsp3) is 0. The van der Waals surface area contributed by atoms with Crippen LogP contribution in [-0.4, -0.2) is 27.5 Å². The molecule has 0 radical (unpaired) electrons. The first kappa shape index (κ1) is 16.9. The molecule has 8 heteroatoms. The molecule has 0 unspecified atom stereocenters. The van der Waals surface area contributed by atoms with Crippen LogP contribution in [0, 0.1) is 0 Å². The average molecular weight is 349 g/mol. The van der Waals surface area contributed by atoms with Crippen molar-refractivity contribution in [2.75, 3.05) is 5.32 Å². The maximum Gasteiger partial charge on any atom is 0.276 e. The van der Waals surface area contributed by atoms with Crippen molar-refractivity contribution < 1.29 is 14.4 Å². The van der Waals surface area contributed by atoms with Gasteiger partial charge in [0.2, 0.25) is 0 Å². The van der Waals surface area contributed by atoms with E-state index in [1.165, 1.54) is 16.8 Å². The molecule has 8 nitrogen and oxygen atoms in total. The number of primary amides is 2. The molecule has 0 atom stereocenters. The zero-order valence-electron chi connectivity index (χ0n) is 13.5. The van der Waals surface area contributed by atoms with Gasteiger partial charge >= 0.3 is 0 Å². The van der Waals surface area contributed by atoms with Crippen molar-refractivity contribution in [3.63, 3.8) is 0 Å². The van der Waals surface area contributed by atoms with Crippen LogP contribution in [0.25, 0.3) is 5.69 Å². The monoisotopic (exact) mass is 349 g/mol. The Balaban J connectivity index is 1.96. The first-order valence-electron chi connectivity index (χ1n) is 7.63. The van der Waals surface area contributed by atoms with Crippen molar-refractivity contribution in [3.05, 3.63) is 77.6 Å². The Bertz CT molecular complexity index is 995. The Morgan fingerprint density at radius 3 is 2.19 bits per heavy atom. The Kier molecular flexibility index (Phi) is 4.48. The molecule has 5 N–H and O–H groups in total. The summed E-state index contributed by atoms with van der Waals surface area (Å²) in [4.78, 5) is 35.7. The van der Waals surface area contributed by atoms with Crippen LogP contribution in [0.15, 0.2) is 60.7 Å². The van der Waals surface area contributed by atoms with Crippen LogP contribution in [0.2, 0.25) is 0 Å². The van der Waals surface area contributed by atoms with E-state index in [1.54, 1.807) is 42.5 Å². The topological polar surface area (TPSA) is 133 Å². The largest absolute Gasteiger partial charge is 0.366 e. The van der Waals surface area contributed by atoms with Crippen molar-refractivity contribution in [3.8, 4) is 5.69 Å². The molecule has 3 aromatic rings. The number of nitrogens with zero attached hydrogens (tertiary/aromatic N) is 2. The lowest BCUT2D eigenvalue weighted by Gasteiger charge is -2.07. The zero-order chi connectivity index (χ0) is 18.7. The minimum absolute atomic E-state index is 0.0260. The van der Waals surface area contributed by atoms with Gasteiger partial charge in [-0.05, 0) is 24.3 Å². The Morgan fingerprint density at radius 2 is 1.54 bits per heavy atom. The second kappa shape index (κ2) is 6.89. The fourth-order valence-corrected chi connectivity index (χ4v) is 2.43. The molecule has 2 aromatic carbocycles. The van der Waals surface area contributed by atoms with E-state index in [9.17, 15) is 14.4 Å². The highest BCUT2D eigenvalue weighted by molar-refractivity contribution is 6.08. The Hall–Kier alpha value is -3.94. The average Bonchev–Trinajstić information content (AvgIpc) is 3.08. The quantitative estimate of drug-likeness (QED) is 0.640. The van der Waals surface area contributed by atoms with Crippen molar-refractivity contribution in [2.24, 2.45) is 11.5 Å². The van der Waals surface area contributed by atoms with E-state index >= 15 is 0 Å². The summed E-state index contributed by atoms with van der Waals surface area (Å²) in [7, 11) is 0. The van der Waals surface area contributed by atoms with Gasteiger partial charge in [0.05, 0.1) is 16.9 Å². The third kappa shape index (κ3) is 3.29. The summed E-state index contributed by atoms with van der Waals surface area (Å²) >= 11 is 0. The second-order valence-corrected chi connectivity index (χ2v) is 5.39.